The summed E-state index contributed by atoms with van der Waals surface area (Å²) in [6.07, 6.45) is 0.684. The van der Waals surface area contributed by atoms with E-state index in [-0.39, 0.29) is 37.6 Å². The van der Waals surface area contributed by atoms with Crippen molar-refractivity contribution in [3.8, 4) is 0 Å². The summed E-state index contributed by atoms with van der Waals surface area (Å²) in [6, 6.07) is 6.19. The molecule has 0 radical (unpaired) electrons. The predicted molar refractivity (Wildman–Crippen MR) is 70.4 cm³/mol. The third-order valence-corrected chi connectivity index (χ3v) is 2.44. The zero-order valence-corrected chi connectivity index (χ0v) is 11.1. The van der Waals surface area contributed by atoms with Crippen LogP contribution in [0.1, 0.15) is 33.6 Å². The van der Waals surface area contributed by atoms with Gasteiger partial charge in [0.05, 0.1) is 24.3 Å². The van der Waals surface area contributed by atoms with Crippen molar-refractivity contribution in [1.29, 1.82) is 0 Å². The maximum absolute atomic E-state index is 11.8. The normalized spacial score (nSPS) is 10.1. The van der Waals surface area contributed by atoms with Crippen LogP contribution >= 0.6 is 0 Å². The van der Waals surface area contributed by atoms with Gasteiger partial charge in [0.2, 0.25) is 0 Å². The van der Waals surface area contributed by atoms with E-state index in [9.17, 15) is 9.59 Å². The Balaban J connectivity index is 2.71. The van der Waals surface area contributed by atoms with Crippen LogP contribution in [-0.2, 0) is 9.47 Å². The van der Waals surface area contributed by atoms with Crippen LogP contribution in [0.4, 0.5) is 0 Å². The van der Waals surface area contributed by atoms with Gasteiger partial charge in [-0.15, -0.1) is 0 Å². The molecule has 110 valence electrons. The molecule has 0 unspecified atom stereocenters. The van der Waals surface area contributed by atoms with Crippen molar-refractivity contribution in [2.45, 2.75) is 12.8 Å². The SMILES string of the molecule is O=C(OCCCO)c1ccccc1C(=O)OCCCO. The van der Waals surface area contributed by atoms with E-state index in [0.29, 0.717) is 12.8 Å². The van der Waals surface area contributed by atoms with Crippen molar-refractivity contribution in [2.75, 3.05) is 26.4 Å². The van der Waals surface area contributed by atoms with Crippen LogP contribution < -0.4 is 0 Å². The summed E-state index contributed by atoms with van der Waals surface area (Å²) in [5.41, 5.74) is 0.249. The number of carbonyl (C=O) groups excluding carboxylic acids is 2. The number of carbonyl (C=O) groups is 2. The Morgan fingerprint density at radius 3 is 1.60 bits per heavy atom. The van der Waals surface area contributed by atoms with Crippen LogP contribution in [0.25, 0.3) is 0 Å². The Bertz CT molecular complexity index is 402. The molecule has 0 spiro atoms. The highest BCUT2D eigenvalue weighted by Crippen LogP contribution is 2.12. The van der Waals surface area contributed by atoms with E-state index in [1.165, 1.54) is 12.1 Å². The minimum absolute atomic E-state index is 0.0713. The summed E-state index contributed by atoms with van der Waals surface area (Å²) in [7, 11) is 0. The number of ether oxygens (including phenoxy) is 2. The largest absolute Gasteiger partial charge is 0.462 e. The van der Waals surface area contributed by atoms with Crippen LogP contribution in [0.15, 0.2) is 24.3 Å². The monoisotopic (exact) mass is 282 g/mol. The number of aliphatic hydroxyl groups is 2. The molecule has 20 heavy (non-hydrogen) atoms. The molecular weight excluding hydrogens is 264 g/mol. The van der Waals surface area contributed by atoms with E-state index >= 15 is 0 Å². The lowest BCUT2D eigenvalue weighted by atomic mass is 10.1. The van der Waals surface area contributed by atoms with Crippen molar-refractivity contribution in [3.63, 3.8) is 0 Å². The van der Waals surface area contributed by atoms with Gasteiger partial charge in [-0.1, -0.05) is 12.1 Å². The summed E-state index contributed by atoms with van der Waals surface area (Å²) in [5, 5.41) is 17.3. The van der Waals surface area contributed by atoms with Crippen molar-refractivity contribution in [3.05, 3.63) is 35.4 Å². The van der Waals surface area contributed by atoms with Gasteiger partial charge < -0.3 is 19.7 Å². The minimum atomic E-state index is -0.631. The Morgan fingerprint density at radius 1 is 0.850 bits per heavy atom. The number of hydrogen-bond acceptors (Lipinski definition) is 6. The van der Waals surface area contributed by atoms with Crippen molar-refractivity contribution in [1.82, 2.24) is 0 Å². The average molecular weight is 282 g/mol. The highest BCUT2D eigenvalue weighted by molar-refractivity contribution is 6.03. The lowest BCUT2D eigenvalue weighted by Crippen LogP contribution is -2.15. The number of hydrogen-bond donors (Lipinski definition) is 2. The second-order valence-corrected chi connectivity index (χ2v) is 3.97. The number of rotatable bonds is 8. The minimum Gasteiger partial charge on any atom is -0.462 e. The molecule has 0 aliphatic rings. The van der Waals surface area contributed by atoms with Gasteiger partial charge in [-0.25, -0.2) is 9.59 Å². The van der Waals surface area contributed by atoms with Gasteiger partial charge in [0, 0.05) is 26.1 Å². The van der Waals surface area contributed by atoms with Crippen LogP contribution in [0.3, 0.4) is 0 Å². The van der Waals surface area contributed by atoms with Gasteiger partial charge in [0.1, 0.15) is 0 Å². The van der Waals surface area contributed by atoms with Gasteiger partial charge in [-0.2, -0.15) is 0 Å². The zero-order valence-electron chi connectivity index (χ0n) is 11.1. The molecule has 0 saturated carbocycles. The molecule has 0 amide bonds. The molecule has 2 N–H and O–H groups in total. The van der Waals surface area contributed by atoms with Crippen molar-refractivity contribution in [2.24, 2.45) is 0 Å². The molecule has 0 aromatic heterocycles. The average Bonchev–Trinajstić information content (AvgIpc) is 2.47. The van der Waals surface area contributed by atoms with Gasteiger partial charge in [0.15, 0.2) is 0 Å². The third-order valence-electron chi connectivity index (χ3n) is 2.44. The smallest absolute Gasteiger partial charge is 0.339 e. The van der Waals surface area contributed by atoms with E-state index in [0.717, 1.165) is 0 Å². The molecular formula is C14H18O6. The highest BCUT2D eigenvalue weighted by atomic mass is 16.5. The summed E-state index contributed by atoms with van der Waals surface area (Å²) >= 11 is 0. The number of benzene rings is 1. The van der Waals surface area contributed by atoms with Gasteiger partial charge in [-0.3, -0.25) is 0 Å². The van der Waals surface area contributed by atoms with E-state index in [1.54, 1.807) is 12.1 Å². The Labute approximate surface area is 116 Å². The van der Waals surface area contributed by atoms with Crippen LogP contribution in [0, 0.1) is 0 Å². The first-order valence-electron chi connectivity index (χ1n) is 6.35. The fraction of sp³-hybridized carbons (Fsp3) is 0.429. The Morgan fingerprint density at radius 2 is 1.25 bits per heavy atom. The topological polar surface area (TPSA) is 93.1 Å². The molecule has 6 heteroatoms. The second kappa shape index (κ2) is 9.06. The molecule has 0 bridgehead atoms. The maximum atomic E-state index is 11.8. The molecule has 0 heterocycles. The first kappa shape index (κ1) is 16.1. The Kier molecular flexibility index (Phi) is 7.31. The summed E-state index contributed by atoms with van der Waals surface area (Å²) in [4.78, 5) is 23.6. The Hall–Kier alpha value is -1.92. The van der Waals surface area contributed by atoms with E-state index in [4.69, 9.17) is 19.7 Å². The van der Waals surface area contributed by atoms with E-state index in [2.05, 4.69) is 0 Å². The second-order valence-electron chi connectivity index (χ2n) is 3.97. The predicted octanol–water partition coefficient (Wildman–Crippen LogP) is 0.765. The lowest BCUT2D eigenvalue weighted by molar-refractivity contribution is 0.0434. The first-order chi connectivity index (χ1) is 9.70. The maximum Gasteiger partial charge on any atom is 0.339 e. The summed E-state index contributed by atoms with van der Waals surface area (Å²) in [6.45, 7) is 0.0305. The molecule has 6 nitrogen and oxygen atoms in total. The number of esters is 2. The molecule has 0 aliphatic heterocycles. The van der Waals surface area contributed by atoms with Crippen molar-refractivity contribution < 1.29 is 29.3 Å². The fourth-order valence-electron chi connectivity index (χ4n) is 1.45. The number of aliphatic hydroxyl groups excluding tert-OH is 2. The summed E-state index contributed by atoms with van der Waals surface area (Å²) < 4.78 is 9.88. The molecule has 0 aliphatic carbocycles. The third kappa shape index (κ3) is 4.99. The van der Waals surface area contributed by atoms with Crippen molar-refractivity contribution >= 4 is 11.9 Å². The molecule has 0 fully saturated rings. The highest BCUT2D eigenvalue weighted by Gasteiger charge is 2.18. The van der Waals surface area contributed by atoms with Crippen LogP contribution in [-0.4, -0.2) is 48.6 Å². The van der Waals surface area contributed by atoms with Crippen LogP contribution in [0.2, 0.25) is 0 Å². The molecule has 0 atom stereocenters. The zero-order chi connectivity index (χ0) is 14.8. The van der Waals surface area contributed by atoms with E-state index < -0.39 is 11.9 Å². The first-order valence-corrected chi connectivity index (χ1v) is 6.35. The molecule has 1 aromatic rings. The van der Waals surface area contributed by atoms with Gasteiger partial charge >= 0.3 is 11.9 Å². The molecule has 1 rings (SSSR count). The lowest BCUT2D eigenvalue weighted by Gasteiger charge is -2.09. The van der Waals surface area contributed by atoms with E-state index in [1.807, 2.05) is 0 Å². The summed E-state index contributed by atoms with van der Waals surface area (Å²) in [5.74, 6) is -1.26. The van der Waals surface area contributed by atoms with Gasteiger partial charge in [-0.05, 0) is 12.1 Å². The molecule has 1 aromatic carbocycles. The molecule has 0 saturated heterocycles. The van der Waals surface area contributed by atoms with Gasteiger partial charge in [0.25, 0.3) is 0 Å². The quantitative estimate of drug-likeness (QED) is 0.540. The fourth-order valence-corrected chi connectivity index (χ4v) is 1.45. The van der Waals surface area contributed by atoms with Crippen LogP contribution in [0.5, 0.6) is 0 Å². The standard InChI is InChI=1S/C14H18O6/c15-7-3-9-19-13(17)11-5-1-2-6-12(11)14(18)20-10-4-8-16/h1-2,5-6,15-16H,3-4,7-10H2.